The van der Waals surface area contributed by atoms with E-state index in [9.17, 15) is 9.59 Å². The first-order valence-corrected chi connectivity index (χ1v) is 9.71. The number of para-hydroxylation sites is 1. The van der Waals surface area contributed by atoms with Crippen LogP contribution in [0.25, 0.3) is 0 Å². The van der Waals surface area contributed by atoms with Gasteiger partial charge in [-0.25, -0.2) is 0 Å². The number of rotatable bonds is 8. The van der Waals surface area contributed by atoms with E-state index in [0.29, 0.717) is 31.1 Å². The van der Waals surface area contributed by atoms with Gasteiger partial charge in [-0.2, -0.15) is 0 Å². The Balaban J connectivity index is 2.34. The fourth-order valence-corrected chi connectivity index (χ4v) is 3.65. The number of ether oxygens (including phenoxy) is 2. The van der Waals surface area contributed by atoms with Crippen LogP contribution in [0.1, 0.15) is 45.1 Å². The molecule has 1 aromatic carbocycles. The molecule has 6 nitrogen and oxygen atoms in total. The predicted molar refractivity (Wildman–Crippen MR) is 105 cm³/mol. The lowest BCUT2D eigenvalue weighted by Crippen LogP contribution is -2.37. The fourth-order valence-electron chi connectivity index (χ4n) is 3.65. The number of nitrogens with zero attached hydrogens (tertiary/aromatic N) is 1. The summed E-state index contributed by atoms with van der Waals surface area (Å²) in [4.78, 5) is 27.2. The van der Waals surface area contributed by atoms with Crippen LogP contribution in [-0.4, -0.2) is 50.6 Å². The zero-order chi connectivity index (χ0) is 20.0. The summed E-state index contributed by atoms with van der Waals surface area (Å²) in [7, 11) is 3.20. The molecule has 1 fully saturated rings. The van der Waals surface area contributed by atoms with Gasteiger partial charge in [-0.1, -0.05) is 39.3 Å². The van der Waals surface area contributed by atoms with Crippen LogP contribution in [0.15, 0.2) is 18.2 Å². The molecule has 0 aliphatic carbocycles. The van der Waals surface area contributed by atoms with Gasteiger partial charge in [-0.05, 0) is 12.5 Å². The number of carbonyl (C=O) groups is 2. The Labute approximate surface area is 162 Å². The maximum absolute atomic E-state index is 12.9. The van der Waals surface area contributed by atoms with Gasteiger partial charge in [0.25, 0.3) is 0 Å². The monoisotopic (exact) mass is 376 g/mol. The van der Waals surface area contributed by atoms with E-state index in [-0.39, 0.29) is 29.6 Å². The number of hydrogen-bond acceptors (Lipinski definition) is 4. The van der Waals surface area contributed by atoms with E-state index in [4.69, 9.17) is 9.47 Å². The molecule has 0 spiro atoms. The van der Waals surface area contributed by atoms with E-state index in [0.717, 1.165) is 18.4 Å². The molecule has 27 heavy (non-hydrogen) atoms. The molecule has 2 amide bonds. The van der Waals surface area contributed by atoms with Crippen molar-refractivity contribution in [2.75, 3.05) is 33.9 Å². The van der Waals surface area contributed by atoms with Crippen molar-refractivity contribution in [3.8, 4) is 11.5 Å². The quantitative estimate of drug-likeness (QED) is 0.709. The molecule has 6 heteroatoms. The molecule has 0 bridgehead atoms. The van der Waals surface area contributed by atoms with Crippen molar-refractivity contribution in [1.29, 1.82) is 0 Å². The first-order chi connectivity index (χ1) is 12.9. The number of hydrogen-bond donors (Lipinski definition) is 1. The van der Waals surface area contributed by atoms with Gasteiger partial charge in [0.05, 0.1) is 20.1 Å². The number of unbranched alkanes of at least 4 members (excludes halogenated alkanes) is 1. The summed E-state index contributed by atoms with van der Waals surface area (Å²) >= 11 is 0. The van der Waals surface area contributed by atoms with Crippen LogP contribution in [0.3, 0.4) is 0 Å². The van der Waals surface area contributed by atoms with Crippen LogP contribution in [0.4, 0.5) is 0 Å². The highest BCUT2D eigenvalue weighted by atomic mass is 16.5. The molecule has 1 aliphatic heterocycles. The van der Waals surface area contributed by atoms with Gasteiger partial charge in [-0.3, -0.25) is 9.59 Å². The molecule has 1 heterocycles. The highest BCUT2D eigenvalue weighted by molar-refractivity contribution is 5.84. The molecule has 1 aromatic rings. The Morgan fingerprint density at radius 2 is 1.96 bits per heavy atom. The summed E-state index contributed by atoms with van der Waals surface area (Å²) in [5.41, 5.74) is 0.909. The van der Waals surface area contributed by atoms with Crippen LogP contribution in [0.5, 0.6) is 11.5 Å². The van der Waals surface area contributed by atoms with Crippen LogP contribution in [-0.2, 0) is 9.59 Å². The largest absolute Gasteiger partial charge is 0.493 e. The second-order valence-electron chi connectivity index (χ2n) is 7.34. The van der Waals surface area contributed by atoms with Gasteiger partial charge in [0.2, 0.25) is 11.8 Å². The molecule has 1 saturated heterocycles. The Morgan fingerprint density at radius 3 is 2.56 bits per heavy atom. The molecular weight excluding hydrogens is 344 g/mol. The van der Waals surface area contributed by atoms with E-state index in [1.165, 1.54) is 0 Å². The zero-order valence-corrected chi connectivity index (χ0v) is 17.1. The third-order valence-corrected chi connectivity index (χ3v) is 5.12. The minimum absolute atomic E-state index is 0.00243. The van der Waals surface area contributed by atoms with E-state index in [1.54, 1.807) is 19.1 Å². The molecular formula is C21H32N2O4. The Morgan fingerprint density at radius 1 is 1.22 bits per heavy atom. The molecule has 0 unspecified atom stereocenters. The summed E-state index contributed by atoms with van der Waals surface area (Å²) in [6.45, 7) is 7.46. The summed E-state index contributed by atoms with van der Waals surface area (Å²) in [6.07, 6.45) is 1.97. The molecule has 1 aliphatic rings. The minimum Gasteiger partial charge on any atom is -0.493 e. The third kappa shape index (κ3) is 4.73. The highest BCUT2D eigenvalue weighted by Gasteiger charge is 2.42. The summed E-state index contributed by atoms with van der Waals surface area (Å²) in [5.74, 6) is 0.816. The summed E-state index contributed by atoms with van der Waals surface area (Å²) in [5, 5.41) is 3.03. The van der Waals surface area contributed by atoms with Crippen LogP contribution in [0.2, 0.25) is 0 Å². The van der Waals surface area contributed by atoms with Gasteiger partial charge < -0.3 is 19.7 Å². The SMILES string of the molecule is CCCCNC(=O)[C@H]1CN(C(=O)C(C)C)C[C@H]1c1cccc(OC)c1OC. The van der Waals surface area contributed by atoms with Crippen molar-refractivity contribution < 1.29 is 19.1 Å². The van der Waals surface area contributed by atoms with Crippen LogP contribution >= 0.6 is 0 Å². The van der Waals surface area contributed by atoms with Gasteiger partial charge in [0.15, 0.2) is 11.5 Å². The molecule has 150 valence electrons. The van der Waals surface area contributed by atoms with Gasteiger partial charge >= 0.3 is 0 Å². The van der Waals surface area contributed by atoms with E-state index in [1.807, 2.05) is 32.0 Å². The second kappa shape index (κ2) is 9.62. The number of benzene rings is 1. The Hall–Kier alpha value is -2.24. The lowest BCUT2D eigenvalue weighted by atomic mass is 9.87. The topological polar surface area (TPSA) is 67.9 Å². The number of carbonyl (C=O) groups excluding carboxylic acids is 2. The highest BCUT2D eigenvalue weighted by Crippen LogP contribution is 2.42. The number of methoxy groups -OCH3 is 2. The predicted octanol–water partition coefficient (Wildman–Crippen LogP) is 2.82. The molecule has 0 saturated carbocycles. The maximum Gasteiger partial charge on any atom is 0.225 e. The fraction of sp³-hybridized carbons (Fsp3) is 0.619. The van der Waals surface area contributed by atoms with Gasteiger partial charge in [0, 0.05) is 37.0 Å². The number of nitrogens with one attached hydrogen (secondary N) is 1. The zero-order valence-electron chi connectivity index (χ0n) is 17.1. The summed E-state index contributed by atoms with van der Waals surface area (Å²) < 4.78 is 11.0. The van der Waals surface area contributed by atoms with Crippen LogP contribution in [0, 0.1) is 11.8 Å². The second-order valence-corrected chi connectivity index (χ2v) is 7.34. The van der Waals surface area contributed by atoms with Crippen molar-refractivity contribution in [2.24, 2.45) is 11.8 Å². The minimum atomic E-state index is -0.300. The lowest BCUT2D eigenvalue weighted by Gasteiger charge is -2.21. The molecule has 0 radical (unpaired) electrons. The van der Waals surface area contributed by atoms with Gasteiger partial charge in [-0.15, -0.1) is 0 Å². The van der Waals surface area contributed by atoms with Gasteiger partial charge in [0.1, 0.15) is 0 Å². The van der Waals surface area contributed by atoms with Crippen molar-refractivity contribution in [2.45, 2.75) is 39.5 Å². The molecule has 0 aromatic heterocycles. The van der Waals surface area contributed by atoms with Crippen molar-refractivity contribution in [1.82, 2.24) is 10.2 Å². The average Bonchev–Trinajstić information content (AvgIpc) is 3.11. The average molecular weight is 376 g/mol. The normalized spacial score (nSPS) is 19.3. The maximum atomic E-state index is 12.9. The smallest absolute Gasteiger partial charge is 0.225 e. The Kier molecular flexibility index (Phi) is 7.51. The standard InChI is InChI=1S/C21H32N2O4/c1-6-7-11-22-20(24)17-13-23(21(25)14(2)3)12-16(17)15-9-8-10-18(26-4)19(15)27-5/h8-10,14,16-17H,6-7,11-13H2,1-5H3,(H,22,24)/t16-,17-/m0/s1. The van der Waals surface area contributed by atoms with Crippen molar-refractivity contribution in [3.63, 3.8) is 0 Å². The van der Waals surface area contributed by atoms with Crippen molar-refractivity contribution >= 4 is 11.8 Å². The molecule has 2 atom stereocenters. The first-order valence-electron chi connectivity index (χ1n) is 9.71. The first kappa shape index (κ1) is 21.1. The molecule has 2 rings (SSSR count). The number of likely N-dealkylation sites (tertiary alicyclic amines) is 1. The Bertz CT molecular complexity index is 660. The molecule has 1 N–H and O–H groups in total. The summed E-state index contributed by atoms with van der Waals surface area (Å²) in [6, 6.07) is 5.70. The van der Waals surface area contributed by atoms with Crippen LogP contribution < -0.4 is 14.8 Å². The van der Waals surface area contributed by atoms with Crippen molar-refractivity contribution in [3.05, 3.63) is 23.8 Å². The van der Waals surface area contributed by atoms with E-state index >= 15 is 0 Å². The number of amides is 2. The van der Waals surface area contributed by atoms with E-state index in [2.05, 4.69) is 12.2 Å². The third-order valence-electron chi connectivity index (χ3n) is 5.12. The lowest BCUT2D eigenvalue weighted by molar-refractivity contribution is -0.133. The van der Waals surface area contributed by atoms with E-state index < -0.39 is 0 Å².